The van der Waals surface area contributed by atoms with Crippen molar-refractivity contribution in [2.24, 2.45) is 5.92 Å². The Morgan fingerprint density at radius 3 is 2.35 bits per heavy atom. The maximum Gasteiger partial charge on any atom is 0.335 e. The van der Waals surface area contributed by atoms with E-state index in [-0.39, 0.29) is 0 Å². The van der Waals surface area contributed by atoms with E-state index in [1.807, 2.05) is 19.0 Å². The second kappa shape index (κ2) is 8.53. The van der Waals surface area contributed by atoms with Gasteiger partial charge < -0.3 is 8.85 Å². The van der Waals surface area contributed by atoms with Crippen molar-refractivity contribution in [1.82, 2.24) is 4.90 Å². The molecule has 0 N–H and O–H groups in total. The molecule has 0 saturated carbocycles. The molecule has 0 rings (SSSR count). The molecule has 0 aliphatic heterocycles. The van der Waals surface area contributed by atoms with Gasteiger partial charge in [0.2, 0.25) is 0 Å². The van der Waals surface area contributed by atoms with E-state index in [2.05, 4.69) is 33.0 Å². The Balaban J connectivity index is 4.25. The van der Waals surface area contributed by atoms with Gasteiger partial charge in [-0.1, -0.05) is 20.3 Å². The molecule has 17 heavy (non-hydrogen) atoms. The highest BCUT2D eigenvalue weighted by molar-refractivity contribution is 7.81. The molecule has 104 valence electrons. The van der Waals surface area contributed by atoms with Gasteiger partial charge in [-0.15, -0.1) is 0 Å². The summed E-state index contributed by atoms with van der Waals surface area (Å²) in [6.45, 7) is 7.22. The molecule has 0 aliphatic carbocycles. The average Bonchev–Trinajstić information content (AvgIpc) is 2.26. The Morgan fingerprint density at radius 2 is 1.94 bits per heavy atom. The predicted molar refractivity (Wildman–Crippen MR) is 79.9 cm³/mol. The summed E-state index contributed by atoms with van der Waals surface area (Å²) in [7, 11) is 3.75. The lowest BCUT2D eigenvalue weighted by molar-refractivity contribution is 0.122. The van der Waals surface area contributed by atoms with Gasteiger partial charge in [0.05, 0.1) is 6.73 Å². The zero-order valence-corrected chi connectivity index (χ0v) is 14.1. The number of hydrogen-bond acceptors (Lipinski definition) is 4. The Labute approximate surface area is 114 Å². The molecule has 0 aromatic carbocycles. The zero-order chi connectivity index (χ0) is 13.5. The van der Waals surface area contributed by atoms with Crippen LogP contribution in [0.4, 0.5) is 0 Å². The van der Waals surface area contributed by atoms with Crippen LogP contribution in [0, 0.1) is 5.92 Å². The van der Waals surface area contributed by atoms with Gasteiger partial charge in [-0.05, 0) is 39.0 Å². The summed E-state index contributed by atoms with van der Waals surface area (Å²) >= 11 is 4.67. The third kappa shape index (κ3) is 7.46. The van der Waals surface area contributed by atoms with E-state index in [0.717, 1.165) is 12.5 Å². The van der Waals surface area contributed by atoms with Crippen LogP contribution in [0.5, 0.6) is 0 Å². The fraction of sp³-hybridized carbons (Fsp3) is 1.00. The first-order valence-electron chi connectivity index (χ1n) is 6.36. The first-order valence-corrected chi connectivity index (χ1v) is 9.40. The minimum absolute atomic E-state index is 0.449. The second-order valence-electron chi connectivity index (χ2n) is 5.23. The molecule has 0 amide bonds. The maximum atomic E-state index is 5.95. The lowest BCUT2D eigenvalue weighted by Gasteiger charge is -2.31. The van der Waals surface area contributed by atoms with Gasteiger partial charge in [0.15, 0.2) is 0 Å². The fourth-order valence-electron chi connectivity index (χ4n) is 1.77. The van der Waals surface area contributed by atoms with Crippen LogP contribution in [0.15, 0.2) is 0 Å². The van der Waals surface area contributed by atoms with Crippen LogP contribution in [0.1, 0.15) is 26.7 Å². The summed E-state index contributed by atoms with van der Waals surface area (Å²) in [5.74, 6) is 0.539. The molecular formula is C12H29NO2SSi. The second-order valence-corrected chi connectivity index (χ2v) is 9.26. The van der Waals surface area contributed by atoms with Crippen molar-refractivity contribution in [3.63, 3.8) is 0 Å². The van der Waals surface area contributed by atoms with Gasteiger partial charge in [0.25, 0.3) is 0 Å². The Hall–Kier alpha value is 0.447. The van der Waals surface area contributed by atoms with Crippen molar-refractivity contribution in [3.8, 4) is 0 Å². The molecular weight excluding hydrogens is 250 g/mol. The molecule has 0 saturated heterocycles. The van der Waals surface area contributed by atoms with Gasteiger partial charge in [-0.2, -0.15) is 12.6 Å². The Bertz CT molecular complexity index is 207. The summed E-state index contributed by atoms with van der Waals surface area (Å²) in [6.07, 6.45) is 2.34. The summed E-state index contributed by atoms with van der Waals surface area (Å²) < 4.78 is 11.6. The van der Waals surface area contributed by atoms with E-state index >= 15 is 0 Å². The summed E-state index contributed by atoms with van der Waals surface area (Å²) in [5, 5.41) is 0.449. The quantitative estimate of drug-likeness (QED) is 0.398. The van der Waals surface area contributed by atoms with Crippen molar-refractivity contribution in [2.75, 3.05) is 27.9 Å². The minimum atomic E-state index is -2.03. The summed E-state index contributed by atoms with van der Waals surface area (Å²) in [5.41, 5.74) is 0. The molecule has 0 bridgehead atoms. The Morgan fingerprint density at radius 1 is 1.35 bits per heavy atom. The molecule has 0 aromatic rings. The van der Waals surface area contributed by atoms with Gasteiger partial charge in [0, 0.05) is 12.4 Å². The molecule has 3 nitrogen and oxygen atoms in total. The zero-order valence-electron chi connectivity index (χ0n) is 12.2. The van der Waals surface area contributed by atoms with Crippen LogP contribution in [0.3, 0.4) is 0 Å². The van der Waals surface area contributed by atoms with Crippen LogP contribution in [-0.2, 0) is 8.85 Å². The van der Waals surface area contributed by atoms with E-state index in [4.69, 9.17) is 8.85 Å². The predicted octanol–water partition coefficient (Wildman–Crippen LogP) is 2.98. The van der Waals surface area contributed by atoms with Gasteiger partial charge in [-0.25, -0.2) is 0 Å². The third-order valence-corrected chi connectivity index (χ3v) is 6.75. The smallest absolute Gasteiger partial charge is 0.335 e. The highest BCUT2D eigenvalue weighted by Crippen LogP contribution is 2.26. The van der Waals surface area contributed by atoms with E-state index < -0.39 is 8.56 Å². The molecule has 5 heteroatoms. The number of hydrogen-bond donors (Lipinski definition) is 1. The molecule has 0 radical (unpaired) electrons. The van der Waals surface area contributed by atoms with Crippen LogP contribution in [-0.4, -0.2) is 46.6 Å². The molecule has 3 atom stereocenters. The largest absolute Gasteiger partial charge is 0.398 e. The monoisotopic (exact) mass is 279 g/mol. The van der Waals surface area contributed by atoms with Crippen LogP contribution >= 0.6 is 12.6 Å². The maximum absolute atomic E-state index is 5.95. The minimum Gasteiger partial charge on any atom is -0.398 e. The average molecular weight is 280 g/mol. The first kappa shape index (κ1) is 17.4. The lowest BCUT2D eigenvalue weighted by atomic mass is 10.1. The summed E-state index contributed by atoms with van der Waals surface area (Å²) in [6, 6.07) is 1.01. The van der Waals surface area contributed by atoms with Crippen molar-refractivity contribution in [3.05, 3.63) is 0 Å². The van der Waals surface area contributed by atoms with Gasteiger partial charge in [0.1, 0.15) is 0 Å². The Kier molecular flexibility index (Phi) is 8.76. The van der Waals surface area contributed by atoms with Crippen molar-refractivity contribution in [1.29, 1.82) is 0 Å². The third-order valence-electron chi connectivity index (χ3n) is 2.99. The van der Waals surface area contributed by atoms with Crippen molar-refractivity contribution in [2.45, 2.75) is 44.5 Å². The number of thiol groups is 1. The topological polar surface area (TPSA) is 21.7 Å². The number of rotatable bonds is 9. The van der Waals surface area contributed by atoms with Crippen LogP contribution < -0.4 is 0 Å². The molecule has 0 aromatic heterocycles. The fourth-order valence-corrected chi connectivity index (χ4v) is 4.72. The molecule has 0 heterocycles. The van der Waals surface area contributed by atoms with E-state index in [0.29, 0.717) is 17.9 Å². The standard InChI is InChI=1S/C12H29NO2SSi/c1-7-8-12(16)11(2)9-17(6,14-5)15-10-13(3)4/h11-12,16H,7-10H2,1-6H3. The van der Waals surface area contributed by atoms with E-state index in [9.17, 15) is 0 Å². The molecule has 0 aliphatic rings. The summed E-state index contributed by atoms with van der Waals surface area (Å²) in [4.78, 5) is 2.03. The van der Waals surface area contributed by atoms with Crippen molar-refractivity contribution < 1.29 is 8.85 Å². The van der Waals surface area contributed by atoms with E-state index in [1.54, 1.807) is 7.11 Å². The van der Waals surface area contributed by atoms with Crippen LogP contribution in [0.2, 0.25) is 12.6 Å². The van der Waals surface area contributed by atoms with Crippen molar-refractivity contribution >= 4 is 21.2 Å². The first-order chi connectivity index (χ1) is 7.84. The number of nitrogens with zero attached hydrogens (tertiary/aromatic N) is 1. The van der Waals surface area contributed by atoms with E-state index in [1.165, 1.54) is 6.42 Å². The van der Waals surface area contributed by atoms with Gasteiger partial charge >= 0.3 is 8.56 Å². The molecule has 3 unspecified atom stereocenters. The normalized spacial score (nSPS) is 19.1. The van der Waals surface area contributed by atoms with Crippen LogP contribution in [0.25, 0.3) is 0 Å². The highest BCUT2D eigenvalue weighted by Gasteiger charge is 2.34. The molecule has 0 fully saturated rings. The highest BCUT2D eigenvalue weighted by atomic mass is 32.1. The SMILES string of the molecule is CCCC(S)C(C)C[Si](C)(OC)OCN(C)C. The lowest BCUT2D eigenvalue weighted by Crippen LogP contribution is -2.42. The van der Waals surface area contributed by atoms with Gasteiger partial charge in [-0.3, -0.25) is 4.90 Å². The molecule has 0 spiro atoms.